The Bertz CT molecular complexity index is 1060. The maximum atomic E-state index is 12.8. The molecule has 0 saturated heterocycles. The summed E-state index contributed by atoms with van der Waals surface area (Å²) in [4.78, 5) is 23.4. The van der Waals surface area contributed by atoms with E-state index in [1.807, 2.05) is 6.07 Å². The van der Waals surface area contributed by atoms with Crippen molar-refractivity contribution in [1.82, 2.24) is 10.0 Å². The molecule has 0 spiro atoms. The van der Waals surface area contributed by atoms with Crippen LogP contribution in [0.15, 0.2) is 41.3 Å². The Morgan fingerprint density at radius 3 is 2.41 bits per heavy atom. The first-order chi connectivity index (χ1) is 12.8. The quantitative estimate of drug-likeness (QED) is 0.792. The van der Waals surface area contributed by atoms with E-state index < -0.39 is 27.9 Å². The summed E-state index contributed by atoms with van der Waals surface area (Å²) in [5.41, 5.74) is 3.83. The summed E-state index contributed by atoms with van der Waals surface area (Å²) in [5.74, 6) is -1.08. The summed E-state index contributed by atoms with van der Waals surface area (Å²) in [5, 5.41) is 2.16. The van der Waals surface area contributed by atoms with Crippen LogP contribution in [0.4, 0.5) is 0 Å². The van der Waals surface area contributed by atoms with E-state index in [1.165, 1.54) is 35.7 Å². The van der Waals surface area contributed by atoms with Gasteiger partial charge in [-0.1, -0.05) is 18.2 Å². The minimum atomic E-state index is -3.83. The Kier molecular flexibility index (Phi) is 4.36. The molecule has 2 aliphatic rings. The molecule has 1 aliphatic heterocycles. The highest BCUT2D eigenvalue weighted by atomic mass is 32.2. The van der Waals surface area contributed by atoms with Crippen LogP contribution in [-0.2, 0) is 22.9 Å². The van der Waals surface area contributed by atoms with Gasteiger partial charge in [-0.2, -0.15) is 0 Å². The summed E-state index contributed by atoms with van der Waals surface area (Å²) < 4.78 is 28.2. The molecule has 2 aromatic rings. The van der Waals surface area contributed by atoms with Crippen LogP contribution in [-0.4, -0.2) is 20.2 Å². The van der Waals surface area contributed by atoms with Crippen LogP contribution in [0.2, 0.25) is 0 Å². The van der Waals surface area contributed by atoms with Crippen molar-refractivity contribution in [3.63, 3.8) is 0 Å². The van der Waals surface area contributed by atoms with Gasteiger partial charge in [0.15, 0.2) is 0 Å². The third-order valence-corrected chi connectivity index (χ3v) is 6.76. The van der Waals surface area contributed by atoms with Gasteiger partial charge in [0.25, 0.3) is 11.8 Å². The van der Waals surface area contributed by atoms with Crippen molar-refractivity contribution in [1.29, 1.82) is 0 Å². The molecular weight excluding hydrogens is 364 g/mol. The van der Waals surface area contributed by atoms with Crippen molar-refractivity contribution in [2.75, 3.05) is 0 Å². The molecule has 4 rings (SSSR count). The molecular formula is C20H20N2O4S. The minimum Gasteiger partial charge on any atom is -0.288 e. The van der Waals surface area contributed by atoms with E-state index in [2.05, 4.69) is 22.2 Å². The lowest BCUT2D eigenvalue weighted by Crippen LogP contribution is -2.27. The summed E-state index contributed by atoms with van der Waals surface area (Å²) in [6.45, 7) is 1.80. The van der Waals surface area contributed by atoms with Gasteiger partial charge in [-0.3, -0.25) is 14.9 Å². The number of hydrogen-bond acceptors (Lipinski definition) is 4. The van der Waals surface area contributed by atoms with Crippen molar-refractivity contribution >= 4 is 21.8 Å². The smallest absolute Gasteiger partial charge is 0.258 e. The predicted octanol–water partition coefficient (Wildman–Crippen LogP) is 2.49. The maximum Gasteiger partial charge on any atom is 0.258 e. The highest BCUT2D eigenvalue weighted by Gasteiger charge is 2.29. The molecule has 1 heterocycles. The fourth-order valence-corrected chi connectivity index (χ4v) is 4.96. The van der Waals surface area contributed by atoms with E-state index in [-0.39, 0.29) is 16.0 Å². The van der Waals surface area contributed by atoms with Crippen molar-refractivity contribution in [2.45, 2.75) is 43.5 Å². The lowest BCUT2D eigenvalue weighted by molar-refractivity contribution is 0.0879. The van der Waals surface area contributed by atoms with Crippen molar-refractivity contribution in [3.05, 3.63) is 64.2 Å². The first-order valence-corrected chi connectivity index (χ1v) is 10.5. The molecule has 1 unspecified atom stereocenters. The van der Waals surface area contributed by atoms with Crippen LogP contribution in [0.3, 0.4) is 0 Å². The largest absolute Gasteiger partial charge is 0.288 e. The standard InChI is InChI=1S/C20H20N2O4S/c1-12(14-7-6-13-4-2-3-5-15(13)10-14)22-27(25,26)16-8-9-17-18(11-16)20(24)21-19(17)23/h6-12,22H,2-5H2,1H3,(H,21,23,24). The number of imide groups is 1. The first-order valence-electron chi connectivity index (χ1n) is 8.99. The van der Waals surface area contributed by atoms with Crippen molar-refractivity contribution in [3.8, 4) is 0 Å². The van der Waals surface area contributed by atoms with Crippen LogP contribution in [0.5, 0.6) is 0 Å². The Morgan fingerprint density at radius 1 is 0.926 bits per heavy atom. The summed E-state index contributed by atoms with van der Waals surface area (Å²) in [6.07, 6.45) is 4.46. The molecule has 7 heteroatoms. The molecule has 0 aromatic heterocycles. The van der Waals surface area contributed by atoms with Gasteiger partial charge in [-0.05, 0) is 67.5 Å². The normalized spacial score (nSPS) is 17.2. The summed E-state index contributed by atoms with van der Waals surface area (Å²) >= 11 is 0. The second kappa shape index (κ2) is 6.58. The first kappa shape index (κ1) is 17.9. The Balaban J connectivity index is 1.59. The van der Waals surface area contributed by atoms with E-state index in [9.17, 15) is 18.0 Å². The van der Waals surface area contributed by atoms with Gasteiger partial charge in [-0.25, -0.2) is 13.1 Å². The van der Waals surface area contributed by atoms with Gasteiger partial charge in [0.1, 0.15) is 0 Å². The number of carbonyl (C=O) groups is 2. The average Bonchev–Trinajstić information content (AvgIpc) is 2.94. The lowest BCUT2D eigenvalue weighted by Gasteiger charge is -2.20. The Morgan fingerprint density at radius 2 is 1.63 bits per heavy atom. The molecule has 0 fully saturated rings. The molecule has 1 atom stereocenters. The minimum absolute atomic E-state index is 0.0316. The van der Waals surface area contributed by atoms with Crippen LogP contribution in [0.1, 0.15) is 63.2 Å². The number of carbonyl (C=O) groups excluding carboxylic acids is 2. The average molecular weight is 384 g/mol. The molecule has 2 N–H and O–H groups in total. The Hall–Kier alpha value is -2.51. The van der Waals surface area contributed by atoms with E-state index in [1.54, 1.807) is 6.92 Å². The number of hydrogen-bond donors (Lipinski definition) is 2. The fraction of sp³-hybridized carbons (Fsp3) is 0.300. The zero-order valence-corrected chi connectivity index (χ0v) is 15.7. The fourth-order valence-electron chi connectivity index (χ4n) is 3.71. The zero-order chi connectivity index (χ0) is 19.2. The second-order valence-corrected chi connectivity index (χ2v) is 8.78. The number of amides is 2. The third-order valence-electron chi connectivity index (χ3n) is 5.22. The highest BCUT2D eigenvalue weighted by Crippen LogP contribution is 2.26. The number of rotatable bonds is 4. The molecule has 1 aliphatic carbocycles. The zero-order valence-electron chi connectivity index (χ0n) is 14.9. The van der Waals surface area contributed by atoms with E-state index >= 15 is 0 Å². The molecule has 2 amide bonds. The number of benzene rings is 2. The molecule has 0 saturated carbocycles. The molecule has 27 heavy (non-hydrogen) atoms. The number of sulfonamides is 1. The maximum absolute atomic E-state index is 12.8. The van der Waals surface area contributed by atoms with E-state index in [4.69, 9.17) is 0 Å². The highest BCUT2D eigenvalue weighted by molar-refractivity contribution is 7.89. The molecule has 2 aromatic carbocycles. The summed E-state index contributed by atoms with van der Waals surface area (Å²) in [6, 6.07) is 9.68. The predicted molar refractivity (Wildman–Crippen MR) is 100 cm³/mol. The molecule has 140 valence electrons. The van der Waals surface area contributed by atoms with Gasteiger partial charge in [0.05, 0.1) is 16.0 Å². The monoisotopic (exact) mass is 384 g/mol. The molecule has 6 nitrogen and oxygen atoms in total. The van der Waals surface area contributed by atoms with Crippen molar-refractivity contribution < 1.29 is 18.0 Å². The van der Waals surface area contributed by atoms with Gasteiger partial charge in [0.2, 0.25) is 10.0 Å². The summed E-state index contributed by atoms with van der Waals surface area (Å²) in [7, 11) is -3.83. The molecule has 0 radical (unpaired) electrons. The van der Waals surface area contributed by atoms with E-state index in [0.717, 1.165) is 24.8 Å². The Labute approximate surface area is 158 Å². The third kappa shape index (κ3) is 3.28. The topological polar surface area (TPSA) is 92.3 Å². The molecule has 0 bridgehead atoms. The van der Waals surface area contributed by atoms with Gasteiger partial charge in [-0.15, -0.1) is 0 Å². The van der Waals surface area contributed by atoms with E-state index in [0.29, 0.717) is 0 Å². The lowest BCUT2D eigenvalue weighted by atomic mass is 9.89. The second-order valence-electron chi connectivity index (χ2n) is 7.07. The number of aryl methyl sites for hydroxylation is 2. The SMILES string of the molecule is CC(NS(=O)(=O)c1ccc2c(c1)C(=O)NC2=O)c1ccc2c(c1)CCCC2. The van der Waals surface area contributed by atoms with Crippen molar-refractivity contribution in [2.24, 2.45) is 0 Å². The van der Waals surface area contributed by atoms with Gasteiger partial charge < -0.3 is 0 Å². The number of nitrogens with one attached hydrogen (secondary N) is 2. The van der Waals surface area contributed by atoms with Crippen LogP contribution >= 0.6 is 0 Å². The van der Waals surface area contributed by atoms with Crippen LogP contribution in [0.25, 0.3) is 0 Å². The van der Waals surface area contributed by atoms with Gasteiger partial charge >= 0.3 is 0 Å². The van der Waals surface area contributed by atoms with Crippen LogP contribution < -0.4 is 10.0 Å². The number of fused-ring (bicyclic) bond motifs is 2. The van der Waals surface area contributed by atoms with Crippen LogP contribution in [0, 0.1) is 0 Å². The van der Waals surface area contributed by atoms with Gasteiger partial charge in [0, 0.05) is 6.04 Å².